The van der Waals surface area contributed by atoms with E-state index < -0.39 is 6.16 Å². The first-order valence-electron chi connectivity index (χ1n) is 8.44. The fourth-order valence-corrected chi connectivity index (χ4v) is 2.71. The quantitative estimate of drug-likeness (QED) is 0.369. The number of aliphatic hydroxyl groups is 2. The second kappa shape index (κ2) is 14.4. The van der Waals surface area contributed by atoms with Crippen molar-refractivity contribution in [1.29, 1.82) is 0 Å². The first kappa shape index (κ1) is 23.0. The maximum absolute atomic E-state index is 8.64. The molecule has 2 heterocycles. The summed E-state index contributed by atoms with van der Waals surface area (Å²) in [5.74, 6) is 0. The molecule has 2 rings (SSSR count). The van der Waals surface area contributed by atoms with Gasteiger partial charge in [0, 0.05) is 64.4 Å². The van der Waals surface area contributed by atoms with E-state index in [4.69, 9.17) is 25.2 Å². The third-order valence-corrected chi connectivity index (χ3v) is 3.74. The Kier molecular flexibility index (Phi) is 13.8. The van der Waals surface area contributed by atoms with Crippen LogP contribution in [0.3, 0.4) is 0 Å². The molecule has 2 atom stereocenters. The van der Waals surface area contributed by atoms with Crippen molar-refractivity contribution in [3.8, 4) is 0 Å². The highest BCUT2D eigenvalue weighted by Gasteiger charge is 2.14. The number of hydrogen-bond donors (Lipinski definition) is 6. The number of carbonyl (C=O) groups is 1. The smallest absolute Gasteiger partial charge is 0.450 e. The zero-order valence-corrected chi connectivity index (χ0v) is 14.8. The second-order valence-electron chi connectivity index (χ2n) is 6.04. The molecular weight excluding hydrogens is 316 g/mol. The molecule has 9 heteroatoms. The highest BCUT2D eigenvalue weighted by atomic mass is 16.6. The van der Waals surface area contributed by atoms with E-state index in [1.165, 1.54) is 0 Å². The Bertz CT molecular complexity index is 290. The second-order valence-corrected chi connectivity index (χ2v) is 6.04. The Morgan fingerprint density at radius 3 is 1.50 bits per heavy atom. The minimum atomic E-state index is -1.83. The van der Waals surface area contributed by atoms with Crippen molar-refractivity contribution >= 4 is 6.16 Å². The summed E-state index contributed by atoms with van der Waals surface area (Å²) >= 11 is 0. The molecule has 0 unspecified atom stereocenters. The van der Waals surface area contributed by atoms with Gasteiger partial charge in [-0.1, -0.05) is 0 Å². The summed E-state index contributed by atoms with van der Waals surface area (Å²) in [6, 6.07) is 1.17. The van der Waals surface area contributed by atoms with E-state index in [0.29, 0.717) is 12.1 Å². The van der Waals surface area contributed by atoms with Crippen LogP contribution in [0.4, 0.5) is 4.79 Å². The predicted molar refractivity (Wildman–Crippen MR) is 92.6 cm³/mol. The fraction of sp³-hybridized carbons (Fsp3) is 0.933. The monoisotopic (exact) mass is 350 g/mol. The molecule has 0 spiro atoms. The van der Waals surface area contributed by atoms with Crippen LogP contribution < -0.4 is 10.6 Å². The van der Waals surface area contributed by atoms with Gasteiger partial charge < -0.3 is 31.1 Å². The Balaban J connectivity index is 0.000000363. The summed E-state index contributed by atoms with van der Waals surface area (Å²) in [6.07, 6.45) is -1.83. The normalized spacial score (nSPS) is 25.0. The van der Waals surface area contributed by atoms with E-state index in [9.17, 15) is 0 Å². The Morgan fingerprint density at radius 1 is 0.917 bits per heavy atom. The third-order valence-electron chi connectivity index (χ3n) is 3.74. The molecule has 0 aliphatic carbocycles. The number of carboxylic acid groups (broad SMARTS) is 2. The van der Waals surface area contributed by atoms with Gasteiger partial charge in [-0.05, 0) is 13.8 Å². The molecule has 0 aromatic carbocycles. The number of piperazine rings is 2. The minimum absolute atomic E-state index is 0.284. The number of hydrogen-bond acceptors (Lipinski definition) is 7. The zero-order valence-electron chi connectivity index (χ0n) is 14.8. The predicted octanol–water partition coefficient (Wildman–Crippen LogP) is -1.23. The molecule has 0 bridgehead atoms. The van der Waals surface area contributed by atoms with Crippen LogP contribution in [0.1, 0.15) is 13.8 Å². The van der Waals surface area contributed by atoms with Crippen molar-refractivity contribution in [3.63, 3.8) is 0 Å². The maximum Gasteiger partial charge on any atom is 0.503 e. The molecule has 24 heavy (non-hydrogen) atoms. The molecule has 6 N–H and O–H groups in total. The van der Waals surface area contributed by atoms with Crippen molar-refractivity contribution in [3.05, 3.63) is 0 Å². The average molecular weight is 350 g/mol. The molecule has 2 aliphatic heterocycles. The van der Waals surface area contributed by atoms with Crippen LogP contribution >= 0.6 is 0 Å². The molecule has 144 valence electrons. The molecule has 0 amide bonds. The first-order valence-corrected chi connectivity index (χ1v) is 8.44. The van der Waals surface area contributed by atoms with Crippen LogP contribution in [-0.4, -0.2) is 114 Å². The molecule has 0 saturated carbocycles. The van der Waals surface area contributed by atoms with Gasteiger partial charge in [0.25, 0.3) is 0 Å². The molecule has 9 nitrogen and oxygen atoms in total. The molecule has 0 radical (unpaired) electrons. The Morgan fingerprint density at radius 2 is 1.25 bits per heavy atom. The van der Waals surface area contributed by atoms with Gasteiger partial charge >= 0.3 is 6.16 Å². The van der Waals surface area contributed by atoms with Crippen LogP contribution in [0.25, 0.3) is 0 Å². The summed E-state index contributed by atoms with van der Waals surface area (Å²) < 4.78 is 0. The lowest BCUT2D eigenvalue weighted by molar-refractivity contribution is 0.137. The van der Waals surface area contributed by atoms with Crippen LogP contribution in [0, 0.1) is 0 Å². The Hall–Kier alpha value is -0.970. The van der Waals surface area contributed by atoms with E-state index in [-0.39, 0.29) is 13.2 Å². The summed E-state index contributed by atoms with van der Waals surface area (Å²) in [5, 5.41) is 37.9. The van der Waals surface area contributed by atoms with Gasteiger partial charge in [-0.15, -0.1) is 0 Å². The van der Waals surface area contributed by atoms with Gasteiger partial charge in [0.15, 0.2) is 0 Å². The number of aliphatic hydroxyl groups excluding tert-OH is 2. The topological polar surface area (TPSA) is 129 Å². The van der Waals surface area contributed by atoms with Crippen molar-refractivity contribution in [1.82, 2.24) is 20.4 Å². The first-order chi connectivity index (χ1) is 11.4. The van der Waals surface area contributed by atoms with Gasteiger partial charge in [-0.2, -0.15) is 0 Å². The summed E-state index contributed by atoms with van der Waals surface area (Å²) in [7, 11) is 0. The summed E-state index contributed by atoms with van der Waals surface area (Å²) in [4.78, 5) is 13.1. The third kappa shape index (κ3) is 13.5. The molecule has 0 aromatic rings. The van der Waals surface area contributed by atoms with Crippen molar-refractivity contribution in [2.24, 2.45) is 0 Å². The van der Waals surface area contributed by atoms with Crippen molar-refractivity contribution in [2.75, 3.05) is 65.6 Å². The van der Waals surface area contributed by atoms with E-state index >= 15 is 0 Å². The van der Waals surface area contributed by atoms with Crippen molar-refractivity contribution < 1.29 is 25.2 Å². The molecule has 0 aromatic heterocycles. The molecule has 2 fully saturated rings. The summed E-state index contributed by atoms with van der Waals surface area (Å²) in [6.45, 7) is 13.0. The van der Waals surface area contributed by atoms with Gasteiger partial charge in [0.05, 0.1) is 13.2 Å². The Labute approximate surface area is 144 Å². The SMILES string of the molecule is C[C@@H]1CN(CCO)CCN1.C[C@@H]1CN(CCO)CCN1.O=C(O)O. The van der Waals surface area contributed by atoms with Gasteiger partial charge in [-0.3, -0.25) is 9.80 Å². The minimum Gasteiger partial charge on any atom is -0.450 e. The van der Waals surface area contributed by atoms with E-state index in [1.807, 2.05) is 0 Å². The molecule has 2 saturated heterocycles. The van der Waals surface area contributed by atoms with Gasteiger partial charge in [0.1, 0.15) is 0 Å². The number of β-amino-alcohol motifs (C(OH)–C–C–N with tert-alkyl or cyclic N) is 2. The highest BCUT2D eigenvalue weighted by molar-refractivity contribution is 5.53. The number of nitrogens with zero attached hydrogens (tertiary/aromatic N) is 2. The van der Waals surface area contributed by atoms with E-state index in [2.05, 4.69) is 34.3 Å². The lowest BCUT2D eigenvalue weighted by Crippen LogP contribution is -2.49. The van der Waals surface area contributed by atoms with Crippen LogP contribution in [0.2, 0.25) is 0 Å². The van der Waals surface area contributed by atoms with Crippen molar-refractivity contribution in [2.45, 2.75) is 25.9 Å². The van der Waals surface area contributed by atoms with Crippen LogP contribution in [0.5, 0.6) is 0 Å². The fourth-order valence-electron chi connectivity index (χ4n) is 2.71. The number of rotatable bonds is 4. The molecule has 2 aliphatic rings. The van der Waals surface area contributed by atoms with Crippen LogP contribution in [0.15, 0.2) is 0 Å². The lowest BCUT2D eigenvalue weighted by Gasteiger charge is -2.31. The average Bonchev–Trinajstić information content (AvgIpc) is 2.48. The number of nitrogens with one attached hydrogen (secondary N) is 2. The van der Waals surface area contributed by atoms with E-state index in [0.717, 1.165) is 52.4 Å². The van der Waals surface area contributed by atoms with Crippen LogP contribution in [-0.2, 0) is 0 Å². The van der Waals surface area contributed by atoms with Gasteiger partial charge in [-0.25, -0.2) is 4.79 Å². The summed E-state index contributed by atoms with van der Waals surface area (Å²) in [5.41, 5.74) is 0. The zero-order chi connectivity index (χ0) is 18.4. The van der Waals surface area contributed by atoms with Gasteiger partial charge in [0.2, 0.25) is 0 Å². The maximum atomic E-state index is 8.64. The highest BCUT2D eigenvalue weighted by Crippen LogP contribution is 1.97. The standard InChI is InChI=1S/2C7H16N2O.CH2O3/c2*1-7-6-9(4-5-10)3-2-8-7;2-1(3)4/h2*7-8,10H,2-6H2,1H3;(H2,2,3,4)/t2*7-;/m11./s1. The largest absolute Gasteiger partial charge is 0.503 e. The molecular formula is C15H34N4O5. The van der Waals surface area contributed by atoms with E-state index in [1.54, 1.807) is 0 Å². The lowest BCUT2D eigenvalue weighted by atomic mass is 10.2.